The molecule has 0 bridgehead atoms. The van der Waals surface area contributed by atoms with E-state index < -0.39 is 41.8 Å². The molecule has 0 spiro atoms. The van der Waals surface area contributed by atoms with Crippen LogP contribution < -0.4 is 0 Å². The van der Waals surface area contributed by atoms with Crippen LogP contribution >= 0.6 is 0 Å². The molecule has 0 saturated heterocycles. The van der Waals surface area contributed by atoms with Crippen molar-refractivity contribution in [3.63, 3.8) is 0 Å². The second kappa shape index (κ2) is 5.49. The van der Waals surface area contributed by atoms with Crippen LogP contribution in [0.25, 0.3) is 0 Å². The summed E-state index contributed by atoms with van der Waals surface area (Å²) in [5, 5.41) is 33.7. The average Bonchev–Trinajstić information content (AvgIpc) is 2.09. The van der Waals surface area contributed by atoms with Crippen molar-refractivity contribution in [2.45, 2.75) is 6.42 Å². The van der Waals surface area contributed by atoms with Crippen LogP contribution in [0.15, 0.2) is 11.6 Å². The van der Waals surface area contributed by atoms with Crippen LogP contribution in [-0.2, 0) is 19.2 Å². The van der Waals surface area contributed by atoms with Gasteiger partial charge in [-0.05, 0) is 6.08 Å². The second-order valence-electron chi connectivity index (χ2n) is 2.72. The van der Waals surface area contributed by atoms with Gasteiger partial charge in [-0.3, -0.25) is 14.4 Å². The molecule has 0 aliphatic carbocycles. The molecule has 8 nitrogen and oxygen atoms in total. The lowest BCUT2D eigenvalue weighted by Gasteiger charge is -2.03. The second-order valence-corrected chi connectivity index (χ2v) is 2.72. The van der Waals surface area contributed by atoms with E-state index in [9.17, 15) is 19.2 Å². The first kappa shape index (κ1) is 13.6. The summed E-state index contributed by atoms with van der Waals surface area (Å²) in [5.74, 6) is -8.78. The summed E-state index contributed by atoms with van der Waals surface area (Å²) < 4.78 is 0. The van der Waals surface area contributed by atoms with Gasteiger partial charge in [0.2, 0.25) is 0 Å². The van der Waals surface area contributed by atoms with Crippen LogP contribution in [0.5, 0.6) is 0 Å². The van der Waals surface area contributed by atoms with Crippen LogP contribution in [0, 0.1) is 5.92 Å². The van der Waals surface area contributed by atoms with Gasteiger partial charge < -0.3 is 20.4 Å². The molecule has 0 saturated carbocycles. The fourth-order valence-electron chi connectivity index (χ4n) is 0.818. The number of hydrogen-bond acceptors (Lipinski definition) is 4. The fraction of sp³-hybridized carbons (Fsp3) is 0.250. The lowest BCUT2D eigenvalue weighted by molar-refractivity contribution is -0.152. The highest BCUT2D eigenvalue weighted by molar-refractivity contribution is 5.98. The molecule has 0 aliphatic rings. The monoisotopic (exact) mass is 232 g/mol. The predicted molar refractivity (Wildman–Crippen MR) is 46.7 cm³/mol. The van der Waals surface area contributed by atoms with E-state index in [1.165, 1.54) is 0 Å². The molecule has 0 atom stereocenters. The quantitative estimate of drug-likeness (QED) is 0.345. The Hall–Kier alpha value is -2.38. The third kappa shape index (κ3) is 4.22. The van der Waals surface area contributed by atoms with Gasteiger partial charge >= 0.3 is 23.9 Å². The highest BCUT2D eigenvalue weighted by Gasteiger charge is 2.26. The Morgan fingerprint density at radius 3 is 1.62 bits per heavy atom. The van der Waals surface area contributed by atoms with E-state index in [1.807, 2.05) is 0 Å². The average molecular weight is 232 g/mol. The van der Waals surface area contributed by atoms with Crippen molar-refractivity contribution < 1.29 is 39.6 Å². The molecule has 0 unspecified atom stereocenters. The topological polar surface area (TPSA) is 149 Å². The van der Waals surface area contributed by atoms with Crippen molar-refractivity contribution in [2.24, 2.45) is 5.92 Å². The van der Waals surface area contributed by atoms with Gasteiger partial charge in [0, 0.05) is 5.57 Å². The first-order valence-corrected chi connectivity index (χ1v) is 3.87. The maximum atomic E-state index is 10.5. The molecule has 0 aromatic rings. The number of carboxylic acid groups (broad SMARTS) is 4. The molecule has 0 heterocycles. The smallest absolute Gasteiger partial charge is 0.331 e. The molecule has 0 aliphatic heterocycles. The van der Waals surface area contributed by atoms with E-state index >= 15 is 0 Å². The van der Waals surface area contributed by atoms with Gasteiger partial charge in [0.05, 0.1) is 6.42 Å². The van der Waals surface area contributed by atoms with Crippen molar-refractivity contribution in [3.05, 3.63) is 11.6 Å². The third-order valence-corrected chi connectivity index (χ3v) is 1.52. The van der Waals surface area contributed by atoms with Gasteiger partial charge in [0.1, 0.15) is 0 Å². The molecule has 0 aromatic heterocycles. The summed E-state index contributed by atoms with van der Waals surface area (Å²) in [7, 11) is 0. The van der Waals surface area contributed by atoms with Crippen LogP contribution in [0.4, 0.5) is 0 Å². The van der Waals surface area contributed by atoms with E-state index in [2.05, 4.69) is 0 Å². The molecule has 16 heavy (non-hydrogen) atoms. The Kier molecular flexibility index (Phi) is 4.67. The van der Waals surface area contributed by atoms with E-state index in [0.717, 1.165) is 0 Å². The number of carbonyl (C=O) groups is 4. The van der Waals surface area contributed by atoms with E-state index in [4.69, 9.17) is 20.4 Å². The molecule has 0 rings (SSSR count). The summed E-state index contributed by atoms with van der Waals surface area (Å²) in [6.07, 6.45) is -0.562. The van der Waals surface area contributed by atoms with Crippen molar-refractivity contribution in [1.29, 1.82) is 0 Å². The minimum absolute atomic E-state index is 0.390. The van der Waals surface area contributed by atoms with Crippen LogP contribution in [0.2, 0.25) is 0 Å². The predicted octanol–water partition coefficient (Wildman–Crippen LogP) is -0.742. The number of carboxylic acids is 4. The fourth-order valence-corrected chi connectivity index (χ4v) is 0.818. The number of aliphatic carboxylic acids is 4. The van der Waals surface area contributed by atoms with Crippen molar-refractivity contribution in [3.8, 4) is 0 Å². The van der Waals surface area contributed by atoms with Crippen LogP contribution in [0.3, 0.4) is 0 Å². The Labute approximate surface area is 88.4 Å². The molecule has 0 radical (unpaired) electrons. The Morgan fingerprint density at radius 1 is 0.938 bits per heavy atom. The van der Waals surface area contributed by atoms with Crippen molar-refractivity contribution >= 4 is 23.9 Å². The largest absolute Gasteiger partial charge is 0.481 e. The maximum Gasteiger partial charge on any atom is 0.331 e. The summed E-state index contributed by atoms with van der Waals surface area (Å²) >= 11 is 0. The van der Waals surface area contributed by atoms with Gasteiger partial charge in [0.15, 0.2) is 5.92 Å². The minimum atomic E-state index is -2.08. The van der Waals surface area contributed by atoms with Gasteiger partial charge in [-0.25, -0.2) is 4.79 Å². The summed E-state index contributed by atoms with van der Waals surface area (Å²) in [5.41, 5.74) is -0.790. The zero-order valence-corrected chi connectivity index (χ0v) is 7.78. The SMILES string of the molecule is O=C(O)CC(=CC(C(=O)O)C(=O)O)C(=O)O. The third-order valence-electron chi connectivity index (χ3n) is 1.52. The zero-order chi connectivity index (χ0) is 12.9. The van der Waals surface area contributed by atoms with Gasteiger partial charge in [0.25, 0.3) is 0 Å². The Morgan fingerprint density at radius 2 is 1.38 bits per heavy atom. The minimum Gasteiger partial charge on any atom is -0.481 e. The Balaban J connectivity index is 5.15. The van der Waals surface area contributed by atoms with Crippen molar-refractivity contribution in [1.82, 2.24) is 0 Å². The summed E-state index contributed by atoms with van der Waals surface area (Å²) in [4.78, 5) is 41.6. The number of hydrogen-bond donors (Lipinski definition) is 4. The maximum absolute atomic E-state index is 10.5. The molecule has 88 valence electrons. The van der Waals surface area contributed by atoms with E-state index in [-0.39, 0.29) is 0 Å². The first-order valence-electron chi connectivity index (χ1n) is 3.87. The van der Waals surface area contributed by atoms with E-state index in [1.54, 1.807) is 0 Å². The van der Waals surface area contributed by atoms with Gasteiger partial charge in [-0.15, -0.1) is 0 Å². The van der Waals surface area contributed by atoms with E-state index in [0.29, 0.717) is 6.08 Å². The molecular formula is C8H8O8. The molecule has 4 N–H and O–H groups in total. The highest BCUT2D eigenvalue weighted by Crippen LogP contribution is 2.09. The summed E-state index contributed by atoms with van der Waals surface area (Å²) in [6.45, 7) is 0. The van der Waals surface area contributed by atoms with Gasteiger partial charge in [-0.1, -0.05) is 0 Å². The lowest BCUT2D eigenvalue weighted by atomic mass is 10.0. The standard InChI is InChI=1S/C8H8O8/c9-5(10)2-3(6(11)12)1-4(7(13)14)8(15)16/h1,4H,2H2,(H,9,10)(H,11,12)(H,13,14)(H,15,16). The van der Waals surface area contributed by atoms with Crippen LogP contribution in [-0.4, -0.2) is 44.3 Å². The molecule has 0 fully saturated rings. The highest BCUT2D eigenvalue weighted by atomic mass is 16.4. The summed E-state index contributed by atoms with van der Waals surface area (Å²) in [6, 6.07) is 0. The Bertz CT molecular complexity index is 352. The molecular weight excluding hydrogens is 224 g/mol. The molecule has 8 heteroatoms. The number of rotatable bonds is 6. The van der Waals surface area contributed by atoms with Crippen LogP contribution in [0.1, 0.15) is 6.42 Å². The van der Waals surface area contributed by atoms with Crippen molar-refractivity contribution in [2.75, 3.05) is 0 Å². The lowest BCUT2D eigenvalue weighted by Crippen LogP contribution is -2.23. The molecule has 0 aromatic carbocycles. The van der Waals surface area contributed by atoms with Gasteiger partial charge in [-0.2, -0.15) is 0 Å². The first-order chi connectivity index (χ1) is 7.25. The normalized spacial score (nSPS) is 11.2. The molecule has 0 amide bonds. The zero-order valence-electron chi connectivity index (χ0n) is 7.78.